The molecule has 0 unspecified atom stereocenters. The number of hydrogen-bond acceptors (Lipinski definition) is 5. The highest BCUT2D eigenvalue weighted by atomic mass is 16.5. The normalized spacial score (nSPS) is 12.3. The average molecular weight is 390 g/mol. The van der Waals surface area contributed by atoms with Gasteiger partial charge in [0, 0.05) is 31.3 Å². The third kappa shape index (κ3) is 4.87. The molecular weight excluding hydrogens is 364 g/mol. The molecule has 0 saturated carbocycles. The summed E-state index contributed by atoms with van der Waals surface area (Å²) in [6.45, 7) is 4.96. The van der Waals surface area contributed by atoms with Gasteiger partial charge in [0.25, 0.3) is 0 Å². The van der Waals surface area contributed by atoms with Crippen LogP contribution in [0.25, 0.3) is 0 Å². The van der Waals surface area contributed by atoms with Crippen LogP contribution in [0.5, 0.6) is 23.1 Å². The van der Waals surface area contributed by atoms with E-state index >= 15 is 0 Å². The van der Waals surface area contributed by atoms with Gasteiger partial charge in [-0.2, -0.15) is 0 Å². The molecule has 29 heavy (non-hydrogen) atoms. The summed E-state index contributed by atoms with van der Waals surface area (Å²) in [5, 5.41) is 3.49. The summed E-state index contributed by atoms with van der Waals surface area (Å²) in [4.78, 5) is 4.43. The van der Waals surface area contributed by atoms with E-state index in [-0.39, 0.29) is 0 Å². The van der Waals surface area contributed by atoms with E-state index in [4.69, 9.17) is 14.2 Å². The molecule has 0 amide bonds. The molecule has 0 atom stereocenters. The molecule has 4 rings (SSSR count). The lowest BCUT2D eigenvalue weighted by molar-refractivity contribution is 0.300. The minimum Gasteiger partial charge on any atom is -0.493 e. The Kier molecular flexibility index (Phi) is 6.27. The fourth-order valence-electron chi connectivity index (χ4n) is 3.31. The summed E-state index contributed by atoms with van der Waals surface area (Å²) in [5.41, 5.74) is 3.54. The van der Waals surface area contributed by atoms with Crippen molar-refractivity contribution in [3.8, 4) is 23.1 Å². The van der Waals surface area contributed by atoms with E-state index < -0.39 is 0 Å². The molecular formula is C24H26N2O3. The Hall–Kier alpha value is -3.05. The molecule has 0 fully saturated rings. The molecule has 1 N–H and O–H groups in total. The van der Waals surface area contributed by atoms with Gasteiger partial charge in [-0.3, -0.25) is 0 Å². The summed E-state index contributed by atoms with van der Waals surface area (Å²) in [6.07, 6.45) is 3.68. The number of para-hydroxylation sites is 2. The van der Waals surface area contributed by atoms with E-state index in [2.05, 4.69) is 35.4 Å². The second-order valence-corrected chi connectivity index (χ2v) is 7.01. The van der Waals surface area contributed by atoms with Crippen molar-refractivity contribution in [3.05, 3.63) is 77.5 Å². The summed E-state index contributed by atoms with van der Waals surface area (Å²) in [5.74, 6) is 3.02. The minimum atomic E-state index is 0.593. The van der Waals surface area contributed by atoms with Crippen molar-refractivity contribution >= 4 is 0 Å². The van der Waals surface area contributed by atoms with Crippen molar-refractivity contribution in [2.75, 3.05) is 13.2 Å². The van der Waals surface area contributed by atoms with E-state index in [1.54, 1.807) is 6.20 Å². The Bertz CT molecular complexity index is 958. The van der Waals surface area contributed by atoms with E-state index in [0.717, 1.165) is 43.1 Å². The fourth-order valence-corrected chi connectivity index (χ4v) is 3.31. The zero-order chi connectivity index (χ0) is 19.9. The van der Waals surface area contributed by atoms with Crippen molar-refractivity contribution in [2.45, 2.75) is 32.9 Å². The number of fused-ring (bicyclic) bond motifs is 1. The molecule has 2 heterocycles. The van der Waals surface area contributed by atoms with Crippen LogP contribution >= 0.6 is 0 Å². The van der Waals surface area contributed by atoms with Gasteiger partial charge >= 0.3 is 0 Å². The zero-order valence-corrected chi connectivity index (χ0v) is 16.7. The van der Waals surface area contributed by atoms with Gasteiger partial charge in [-0.05, 0) is 41.8 Å². The van der Waals surface area contributed by atoms with Crippen LogP contribution in [0.15, 0.2) is 60.8 Å². The lowest BCUT2D eigenvalue weighted by Crippen LogP contribution is -2.13. The SMILES string of the molecule is CCCOc1ccccc1Oc1ncccc1CNCc1ccc2c(c1)CCO2. The highest BCUT2D eigenvalue weighted by Gasteiger charge is 2.13. The number of aromatic nitrogens is 1. The van der Waals surface area contributed by atoms with Crippen molar-refractivity contribution in [2.24, 2.45) is 0 Å². The van der Waals surface area contributed by atoms with Gasteiger partial charge in [-0.25, -0.2) is 4.98 Å². The van der Waals surface area contributed by atoms with Crippen LogP contribution in [0, 0.1) is 0 Å². The maximum absolute atomic E-state index is 6.11. The third-order valence-electron chi connectivity index (χ3n) is 4.77. The zero-order valence-electron chi connectivity index (χ0n) is 16.7. The Morgan fingerprint density at radius 2 is 1.93 bits per heavy atom. The number of ether oxygens (including phenoxy) is 3. The topological polar surface area (TPSA) is 52.6 Å². The lowest BCUT2D eigenvalue weighted by atomic mass is 10.1. The van der Waals surface area contributed by atoms with Crippen molar-refractivity contribution in [1.82, 2.24) is 10.3 Å². The van der Waals surface area contributed by atoms with Crippen LogP contribution < -0.4 is 19.5 Å². The van der Waals surface area contributed by atoms with Crippen LogP contribution in [0.1, 0.15) is 30.0 Å². The molecule has 2 aromatic carbocycles. The standard InChI is InChI=1S/C24H26N2O3/c1-2-13-27-22-7-3-4-8-23(22)29-24-20(6-5-12-26-24)17-25-16-18-9-10-21-19(15-18)11-14-28-21/h3-10,12,15,25H,2,11,13-14,16-17H2,1H3. The molecule has 5 heteroatoms. The smallest absolute Gasteiger partial charge is 0.223 e. The minimum absolute atomic E-state index is 0.593. The molecule has 150 valence electrons. The first-order valence-corrected chi connectivity index (χ1v) is 10.1. The highest BCUT2D eigenvalue weighted by molar-refractivity contribution is 5.43. The van der Waals surface area contributed by atoms with Crippen molar-refractivity contribution in [3.63, 3.8) is 0 Å². The van der Waals surface area contributed by atoms with E-state index in [1.165, 1.54) is 11.1 Å². The predicted molar refractivity (Wildman–Crippen MR) is 113 cm³/mol. The molecule has 1 aromatic heterocycles. The van der Waals surface area contributed by atoms with Gasteiger partial charge in [0.05, 0.1) is 13.2 Å². The quantitative estimate of drug-likeness (QED) is 0.564. The largest absolute Gasteiger partial charge is 0.493 e. The van der Waals surface area contributed by atoms with Crippen molar-refractivity contribution < 1.29 is 14.2 Å². The number of nitrogens with one attached hydrogen (secondary N) is 1. The molecule has 0 bridgehead atoms. The van der Waals surface area contributed by atoms with Gasteiger partial charge in [-0.1, -0.05) is 37.3 Å². The van der Waals surface area contributed by atoms with E-state index in [1.807, 2.05) is 36.4 Å². The van der Waals surface area contributed by atoms with Gasteiger partial charge in [0.15, 0.2) is 11.5 Å². The lowest BCUT2D eigenvalue weighted by Gasteiger charge is -2.14. The van der Waals surface area contributed by atoms with Crippen LogP contribution in [-0.2, 0) is 19.5 Å². The molecule has 3 aromatic rings. The van der Waals surface area contributed by atoms with Gasteiger partial charge in [0.1, 0.15) is 5.75 Å². The average Bonchev–Trinajstić information content (AvgIpc) is 3.22. The Morgan fingerprint density at radius 3 is 2.83 bits per heavy atom. The summed E-state index contributed by atoms with van der Waals surface area (Å²) >= 11 is 0. The molecule has 1 aliphatic heterocycles. The number of pyridine rings is 1. The first-order valence-electron chi connectivity index (χ1n) is 10.1. The van der Waals surface area contributed by atoms with E-state index in [0.29, 0.717) is 24.8 Å². The van der Waals surface area contributed by atoms with Crippen molar-refractivity contribution in [1.29, 1.82) is 0 Å². The third-order valence-corrected chi connectivity index (χ3v) is 4.77. The fraction of sp³-hybridized carbons (Fsp3) is 0.292. The first-order chi connectivity index (χ1) is 14.3. The molecule has 0 saturated heterocycles. The summed E-state index contributed by atoms with van der Waals surface area (Å²) < 4.78 is 17.5. The van der Waals surface area contributed by atoms with Crippen LogP contribution in [0.3, 0.4) is 0 Å². The van der Waals surface area contributed by atoms with Gasteiger partial charge in [0.2, 0.25) is 5.88 Å². The predicted octanol–water partition coefficient (Wildman–Crippen LogP) is 4.89. The maximum Gasteiger partial charge on any atom is 0.223 e. The van der Waals surface area contributed by atoms with Gasteiger partial charge in [-0.15, -0.1) is 0 Å². The maximum atomic E-state index is 6.11. The summed E-state index contributed by atoms with van der Waals surface area (Å²) in [7, 11) is 0. The number of hydrogen-bond donors (Lipinski definition) is 1. The summed E-state index contributed by atoms with van der Waals surface area (Å²) in [6, 6.07) is 18.1. The Morgan fingerprint density at radius 1 is 1.03 bits per heavy atom. The Balaban J connectivity index is 1.41. The number of benzene rings is 2. The number of rotatable bonds is 9. The van der Waals surface area contributed by atoms with E-state index in [9.17, 15) is 0 Å². The second-order valence-electron chi connectivity index (χ2n) is 7.01. The molecule has 1 aliphatic rings. The van der Waals surface area contributed by atoms with Crippen LogP contribution in [-0.4, -0.2) is 18.2 Å². The molecule has 0 spiro atoms. The van der Waals surface area contributed by atoms with Crippen LogP contribution in [0.2, 0.25) is 0 Å². The first kappa shape index (κ1) is 19.3. The molecule has 5 nitrogen and oxygen atoms in total. The monoisotopic (exact) mass is 390 g/mol. The highest BCUT2D eigenvalue weighted by Crippen LogP contribution is 2.32. The number of nitrogens with zero attached hydrogens (tertiary/aromatic N) is 1. The Labute approximate surface area is 171 Å². The van der Waals surface area contributed by atoms with Gasteiger partial charge < -0.3 is 19.5 Å². The molecule has 0 aliphatic carbocycles. The van der Waals surface area contributed by atoms with Crippen LogP contribution in [0.4, 0.5) is 0 Å². The second kappa shape index (κ2) is 9.43. The molecule has 0 radical (unpaired) electrons.